The largest absolute Gasteiger partial charge is 0.235 e. The number of halogens is 3. The molecular formula is C13H6F3N. The van der Waals surface area contributed by atoms with Gasteiger partial charge in [0.1, 0.15) is 17.5 Å². The van der Waals surface area contributed by atoms with Gasteiger partial charge in [0, 0.05) is 11.6 Å². The Morgan fingerprint density at radius 1 is 0.882 bits per heavy atom. The molecule has 0 aliphatic heterocycles. The average molecular weight is 233 g/mol. The van der Waals surface area contributed by atoms with Crippen LogP contribution in [0.4, 0.5) is 18.9 Å². The molecule has 2 aromatic rings. The number of hydrogen-bond acceptors (Lipinski definition) is 0. The zero-order chi connectivity index (χ0) is 12.4. The maximum atomic E-state index is 13.4. The Labute approximate surface area is 96.0 Å². The minimum Gasteiger partial charge on any atom is -0.235 e. The van der Waals surface area contributed by atoms with E-state index in [1.165, 1.54) is 18.2 Å². The molecule has 2 aromatic carbocycles. The normalized spacial score (nSPS) is 10.0. The van der Waals surface area contributed by atoms with Gasteiger partial charge in [-0.2, -0.15) is 0 Å². The van der Waals surface area contributed by atoms with Crippen LogP contribution in [0.3, 0.4) is 0 Å². The van der Waals surface area contributed by atoms with Crippen LogP contribution in [-0.4, -0.2) is 0 Å². The molecule has 0 atom stereocenters. The van der Waals surface area contributed by atoms with Crippen molar-refractivity contribution in [3.05, 3.63) is 65.3 Å². The smallest absolute Gasteiger partial charge is 0.222 e. The topological polar surface area (TPSA) is 4.36 Å². The summed E-state index contributed by atoms with van der Waals surface area (Å²) in [5, 5.41) is 0. The van der Waals surface area contributed by atoms with Gasteiger partial charge in [0.15, 0.2) is 0 Å². The zero-order valence-corrected chi connectivity index (χ0v) is 8.55. The Bertz CT molecular complexity index is 615. The molecule has 2 rings (SSSR count). The van der Waals surface area contributed by atoms with Crippen LogP contribution in [-0.2, 0) is 0 Å². The van der Waals surface area contributed by atoms with Crippen LogP contribution in [0.25, 0.3) is 16.0 Å². The standard InChI is InChI=1S/C13H6F3N/c1-17-13-5-2-8(6-12(13)16)10-4-3-9(14)7-11(10)15/h2-7H. The van der Waals surface area contributed by atoms with Gasteiger partial charge in [0.05, 0.1) is 6.57 Å². The minimum absolute atomic E-state index is 0.0989. The molecule has 0 heterocycles. The molecule has 0 unspecified atom stereocenters. The third-order valence-electron chi connectivity index (χ3n) is 2.31. The summed E-state index contributed by atoms with van der Waals surface area (Å²) in [6.07, 6.45) is 0. The summed E-state index contributed by atoms with van der Waals surface area (Å²) >= 11 is 0. The second-order valence-corrected chi connectivity index (χ2v) is 3.40. The van der Waals surface area contributed by atoms with Crippen molar-refractivity contribution in [1.29, 1.82) is 0 Å². The lowest BCUT2D eigenvalue weighted by Gasteiger charge is -2.04. The van der Waals surface area contributed by atoms with Gasteiger partial charge in [-0.25, -0.2) is 18.0 Å². The number of hydrogen-bond donors (Lipinski definition) is 0. The minimum atomic E-state index is -0.764. The van der Waals surface area contributed by atoms with E-state index in [0.29, 0.717) is 0 Å². The van der Waals surface area contributed by atoms with Crippen molar-refractivity contribution in [3.63, 3.8) is 0 Å². The molecule has 0 saturated carbocycles. The summed E-state index contributed by atoms with van der Waals surface area (Å²) in [7, 11) is 0. The zero-order valence-electron chi connectivity index (χ0n) is 8.55. The van der Waals surface area contributed by atoms with Crippen LogP contribution in [0.15, 0.2) is 36.4 Å². The van der Waals surface area contributed by atoms with E-state index >= 15 is 0 Å². The second kappa shape index (κ2) is 4.30. The van der Waals surface area contributed by atoms with E-state index in [1.807, 2.05) is 0 Å². The summed E-state index contributed by atoms with van der Waals surface area (Å²) in [6.45, 7) is 6.69. The van der Waals surface area contributed by atoms with E-state index in [-0.39, 0.29) is 16.8 Å². The molecule has 1 nitrogen and oxygen atoms in total. The predicted octanol–water partition coefficient (Wildman–Crippen LogP) is 4.32. The van der Waals surface area contributed by atoms with E-state index in [2.05, 4.69) is 4.85 Å². The van der Waals surface area contributed by atoms with Gasteiger partial charge in [-0.1, -0.05) is 12.1 Å². The molecule has 0 N–H and O–H groups in total. The first-order chi connectivity index (χ1) is 8.11. The third kappa shape index (κ3) is 2.13. The third-order valence-corrected chi connectivity index (χ3v) is 2.31. The molecule has 0 aromatic heterocycles. The highest BCUT2D eigenvalue weighted by molar-refractivity contribution is 5.67. The molecule has 0 radical (unpaired) electrons. The Hall–Kier alpha value is -2.28. The molecule has 0 saturated heterocycles. The fourth-order valence-electron chi connectivity index (χ4n) is 1.49. The van der Waals surface area contributed by atoms with E-state index in [9.17, 15) is 13.2 Å². The van der Waals surface area contributed by atoms with Crippen molar-refractivity contribution in [1.82, 2.24) is 0 Å². The fraction of sp³-hybridized carbons (Fsp3) is 0. The van der Waals surface area contributed by atoms with Crippen molar-refractivity contribution in [2.45, 2.75) is 0 Å². The van der Waals surface area contributed by atoms with E-state index in [0.717, 1.165) is 18.2 Å². The second-order valence-electron chi connectivity index (χ2n) is 3.40. The van der Waals surface area contributed by atoms with Crippen LogP contribution >= 0.6 is 0 Å². The van der Waals surface area contributed by atoms with Gasteiger partial charge >= 0.3 is 0 Å². The molecule has 0 aliphatic rings. The van der Waals surface area contributed by atoms with Gasteiger partial charge in [-0.3, -0.25) is 0 Å². The molecular weight excluding hydrogens is 227 g/mol. The molecule has 4 heteroatoms. The number of rotatable bonds is 1. The summed E-state index contributed by atoms with van der Waals surface area (Å²) in [6, 6.07) is 6.81. The lowest BCUT2D eigenvalue weighted by molar-refractivity contribution is 0.585. The van der Waals surface area contributed by atoms with E-state index in [1.54, 1.807) is 0 Å². The highest BCUT2D eigenvalue weighted by Gasteiger charge is 2.09. The van der Waals surface area contributed by atoms with Gasteiger partial charge in [-0.15, -0.1) is 0 Å². The van der Waals surface area contributed by atoms with Crippen molar-refractivity contribution in [2.24, 2.45) is 0 Å². The number of nitrogens with zero attached hydrogens (tertiary/aromatic N) is 1. The Morgan fingerprint density at radius 3 is 2.24 bits per heavy atom. The molecule has 0 fully saturated rings. The van der Waals surface area contributed by atoms with Gasteiger partial charge in [-0.05, 0) is 23.8 Å². The van der Waals surface area contributed by atoms with Crippen LogP contribution in [0.5, 0.6) is 0 Å². The lowest BCUT2D eigenvalue weighted by atomic mass is 10.0. The molecule has 0 bridgehead atoms. The van der Waals surface area contributed by atoms with Crippen LogP contribution in [0.2, 0.25) is 0 Å². The average Bonchev–Trinajstić information content (AvgIpc) is 2.29. The first-order valence-corrected chi connectivity index (χ1v) is 4.74. The van der Waals surface area contributed by atoms with Crippen molar-refractivity contribution < 1.29 is 13.2 Å². The summed E-state index contributed by atoms with van der Waals surface area (Å²) < 4.78 is 39.5. The van der Waals surface area contributed by atoms with Gasteiger partial charge in [0.25, 0.3) is 0 Å². The first kappa shape index (κ1) is 11.2. The highest BCUT2D eigenvalue weighted by atomic mass is 19.1. The maximum Gasteiger partial charge on any atom is 0.222 e. The monoisotopic (exact) mass is 233 g/mol. The van der Waals surface area contributed by atoms with Gasteiger partial charge < -0.3 is 0 Å². The maximum absolute atomic E-state index is 13.4. The molecule has 84 valence electrons. The number of benzene rings is 2. The Kier molecular flexibility index (Phi) is 2.84. The van der Waals surface area contributed by atoms with Crippen molar-refractivity contribution in [3.8, 4) is 11.1 Å². The van der Waals surface area contributed by atoms with Crippen LogP contribution < -0.4 is 0 Å². The predicted molar refractivity (Wildman–Crippen MR) is 58.0 cm³/mol. The van der Waals surface area contributed by atoms with Crippen molar-refractivity contribution in [2.75, 3.05) is 0 Å². The van der Waals surface area contributed by atoms with Gasteiger partial charge in [0.2, 0.25) is 5.69 Å². The van der Waals surface area contributed by atoms with Crippen LogP contribution in [0.1, 0.15) is 0 Å². The molecule has 0 spiro atoms. The van der Waals surface area contributed by atoms with E-state index in [4.69, 9.17) is 6.57 Å². The van der Waals surface area contributed by atoms with E-state index < -0.39 is 17.5 Å². The van der Waals surface area contributed by atoms with Crippen molar-refractivity contribution >= 4 is 5.69 Å². The van der Waals surface area contributed by atoms with Crippen LogP contribution in [0, 0.1) is 24.0 Å². The summed E-state index contributed by atoms with van der Waals surface area (Å²) in [5.74, 6) is -2.18. The summed E-state index contributed by atoms with van der Waals surface area (Å²) in [4.78, 5) is 2.96. The summed E-state index contributed by atoms with van der Waals surface area (Å²) in [5.41, 5.74) is 0.241. The lowest BCUT2D eigenvalue weighted by Crippen LogP contribution is -1.87. The highest BCUT2D eigenvalue weighted by Crippen LogP contribution is 2.27. The fourth-order valence-corrected chi connectivity index (χ4v) is 1.49. The first-order valence-electron chi connectivity index (χ1n) is 4.74. The Morgan fingerprint density at radius 2 is 1.65 bits per heavy atom. The Balaban J connectivity index is 2.54. The molecule has 17 heavy (non-hydrogen) atoms. The SMILES string of the molecule is [C-]#[N+]c1ccc(-c2ccc(F)cc2F)cc1F. The molecule has 0 amide bonds. The molecule has 0 aliphatic carbocycles. The quantitative estimate of drug-likeness (QED) is 0.646.